The Balaban J connectivity index is 1.72. The summed E-state index contributed by atoms with van der Waals surface area (Å²) in [5, 5.41) is 20.5. The Kier molecular flexibility index (Phi) is 3.94. The lowest BCUT2D eigenvalue weighted by Gasteiger charge is -2.29. The second-order valence-electron chi connectivity index (χ2n) is 6.11. The highest BCUT2D eigenvalue weighted by molar-refractivity contribution is 5.92. The Labute approximate surface area is 129 Å². The Morgan fingerprint density at radius 1 is 1.45 bits per heavy atom. The molecule has 6 heteroatoms. The number of aromatic nitrogens is 3. The second-order valence-corrected chi connectivity index (χ2v) is 6.11. The van der Waals surface area contributed by atoms with E-state index in [1.807, 2.05) is 37.3 Å². The predicted molar refractivity (Wildman–Crippen MR) is 81.7 cm³/mol. The third-order valence-electron chi connectivity index (χ3n) is 4.50. The monoisotopic (exact) mass is 300 g/mol. The van der Waals surface area contributed by atoms with Gasteiger partial charge in [-0.05, 0) is 25.0 Å². The summed E-state index contributed by atoms with van der Waals surface area (Å²) in [7, 11) is 0. The van der Waals surface area contributed by atoms with E-state index in [0.717, 1.165) is 24.9 Å². The van der Waals surface area contributed by atoms with E-state index in [9.17, 15) is 9.90 Å². The van der Waals surface area contributed by atoms with Crippen molar-refractivity contribution in [3.05, 3.63) is 42.2 Å². The fraction of sp³-hybridized carbons (Fsp3) is 0.438. The molecule has 1 aromatic carbocycles. The summed E-state index contributed by atoms with van der Waals surface area (Å²) in [4.78, 5) is 12.3. The van der Waals surface area contributed by atoms with Crippen LogP contribution in [-0.4, -0.2) is 38.7 Å². The maximum absolute atomic E-state index is 12.3. The number of hydrogen-bond donors (Lipinski definition) is 2. The molecule has 0 saturated heterocycles. The van der Waals surface area contributed by atoms with Gasteiger partial charge in [0.1, 0.15) is 0 Å². The Morgan fingerprint density at radius 2 is 2.23 bits per heavy atom. The van der Waals surface area contributed by atoms with Crippen LogP contribution >= 0.6 is 0 Å². The largest absolute Gasteiger partial charge is 0.396 e. The van der Waals surface area contributed by atoms with Gasteiger partial charge in [0.2, 0.25) is 0 Å². The van der Waals surface area contributed by atoms with Crippen LogP contribution in [0.25, 0.3) is 5.69 Å². The summed E-state index contributed by atoms with van der Waals surface area (Å²) >= 11 is 0. The molecule has 3 rings (SSSR count). The lowest BCUT2D eigenvalue weighted by atomic mass is 9.86. The standard InChI is InChI=1S/C16H20N4O2/c1-16(11-21)9-5-8-14(16)17-15(22)13-10-20(19-18-13)12-6-3-2-4-7-12/h2-4,6-7,10,14,21H,5,8-9,11H2,1H3,(H,17,22). The highest BCUT2D eigenvalue weighted by Crippen LogP contribution is 2.37. The molecule has 116 valence electrons. The molecular weight excluding hydrogens is 280 g/mol. The number of carbonyl (C=O) groups is 1. The van der Waals surface area contributed by atoms with Gasteiger partial charge in [0.05, 0.1) is 18.5 Å². The number of amides is 1. The van der Waals surface area contributed by atoms with E-state index in [1.54, 1.807) is 10.9 Å². The van der Waals surface area contributed by atoms with Gasteiger partial charge in [-0.3, -0.25) is 4.79 Å². The zero-order chi connectivity index (χ0) is 15.6. The zero-order valence-electron chi connectivity index (χ0n) is 12.6. The van der Waals surface area contributed by atoms with Crippen molar-refractivity contribution in [2.45, 2.75) is 32.2 Å². The average molecular weight is 300 g/mol. The van der Waals surface area contributed by atoms with Gasteiger partial charge in [-0.2, -0.15) is 0 Å². The van der Waals surface area contributed by atoms with Gasteiger partial charge >= 0.3 is 0 Å². The first-order chi connectivity index (χ1) is 10.6. The van der Waals surface area contributed by atoms with E-state index in [2.05, 4.69) is 15.6 Å². The molecular formula is C16H20N4O2. The van der Waals surface area contributed by atoms with Crippen molar-refractivity contribution in [2.24, 2.45) is 5.41 Å². The minimum Gasteiger partial charge on any atom is -0.396 e. The van der Waals surface area contributed by atoms with Gasteiger partial charge in [0, 0.05) is 11.5 Å². The van der Waals surface area contributed by atoms with Crippen LogP contribution in [0, 0.1) is 5.41 Å². The van der Waals surface area contributed by atoms with Crippen molar-refractivity contribution in [1.29, 1.82) is 0 Å². The van der Waals surface area contributed by atoms with E-state index in [0.29, 0.717) is 0 Å². The molecule has 1 amide bonds. The maximum atomic E-state index is 12.3. The topological polar surface area (TPSA) is 80.0 Å². The predicted octanol–water partition coefficient (Wildman–Crippen LogP) is 1.55. The summed E-state index contributed by atoms with van der Waals surface area (Å²) in [6, 6.07) is 9.51. The molecule has 22 heavy (non-hydrogen) atoms. The molecule has 6 nitrogen and oxygen atoms in total. The normalized spacial score (nSPS) is 24.4. The van der Waals surface area contributed by atoms with Crippen LogP contribution in [0.15, 0.2) is 36.5 Å². The molecule has 0 radical (unpaired) electrons. The molecule has 2 atom stereocenters. The van der Waals surface area contributed by atoms with Gasteiger partial charge in [0.25, 0.3) is 5.91 Å². The number of aliphatic hydroxyl groups is 1. The molecule has 0 spiro atoms. The van der Waals surface area contributed by atoms with E-state index in [1.165, 1.54) is 0 Å². The van der Waals surface area contributed by atoms with Crippen molar-refractivity contribution in [3.63, 3.8) is 0 Å². The lowest BCUT2D eigenvalue weighted by molar-refractivity contribution is 0.0826. The molecule has 1 aliphatic carbocycles. The fourth-order valence-electron chi connectivity index (χ4n) is 2.98. The fourth-order valence-corrected chi connectivity index (χ4v) is 2.98. The van der Waals surface area contributed by atoms with Crippen molar-refractivity contribution in [1.82, 2.24) is 20.3 Å². The number of benzene rings is 1. The van der Waals surface area contributed by atoms with Crippen molar-refractivity contribution in [3.8, 4) is 5.69 Å². The number of hydrogen-bond acceptors (Lipinski definition) is 4. The summed E-state index contributed by atoms with van der Waals surface area (Å²) < 4.78 is 1.58. The summed E-state index contributed by atoms with van der Waals surface area (Å²) in [6.45, 7) is 2.08. The van der Waals surface area contributed by atoms with Gasteiger partial charge in [-0.25, -0.2) is 4.68 Å². The Hall–Kier alpha value is -2.21. The van der Waals surface area contributed by atoms with Gasteiger partial charge in [-0.15, -0.1) is 5.10 Å². The molecule has 1 heterocycles. The summed E-state index contributed by atoms with van der Waals surface area (Å²) in [5.41, 5.74) is 0.900. The van der Waals surface area contributed by atoms with Crippen LogP contribution in [0.3, 0.4) is 0 Å². The quantitative estimate of drug-likeness (QED) is 0.898. The molecule has 2 N–H and O–H groups in total. The van der Waals surface area contributed by atoms with Crippen LogP contribution in [-0.2, 0) is 0 Å². The zero-order valence-corrected chi connectivity index (χ0v) is 12.6. The SMILES string of the molecule is CC1(CO)CCCC1NC(=O)c1cn(-c2ccccc2)nn1. The lowest BCUT2D eigenvalue weighted by Crippen LogP contribution is -2.44. The molecule has 0 aliphatic heterocycles. The van der Waals surface area contributed by atoms with Crippen LogP contribution in [0.5, 0.6) is 0 Å². The number of rotatable bonds is 4. The van der Waals surface area contributed by atoms with E-state index < -0.39 is 0 Å². The third kappa shape index (κ3) is 2.74. The molecule has 2 unspecified atom stereocenters. The highest BCUT2D eigenvalue weighted by atomic mass is 16.3. The average Bonchev–Trinajstić information content (AvgIpc) is 3.17. The first-order valence-corrected chi connectivity index (χ1v) is 7.52. The minimum atomic E-state index is -0.245. The van der Waals surface area contributed by atoms with Crippen LogP contribution < -0.4 is 5.32 Å². The molecule has 1 fully saturated rings. The first kappa shape index (κ1) is 14.7. The van der Waals surface area contributed by atoms with E-state index in [-0.39, 0.29) is 29.7 Å². The van der Waals surface area contributed by atoms with Gasteiger partial charge in [0.15, 0.2) is 5.69 Å². The number of nitrogens with zero attached hydrogens (tertiary/aromatic N) is 3. The van der Waals surface area contributed by atoms with E-state index in [4.69, 9.17) is 0 Å². The smallest absolute Gasteiger partial charge is 0.273 e. The summed E-state index contributed by atoms with van der Waals surface area (Å²) in [5.74, 6) is -0.242. The van der Waals surface area contributed by atoms with Crippen LogP contribution in [0.2, 0.25) is 0 Å². The van der Waals surface area contributed by atoms with Crippen molar-refractivity contribution < 1.29 is 9.90 Å². The summed E-state index contributed by atoms with van der Waals surface area (Å²) in [6.07, 6.45) is 4.44. The number of aliphatic hydroxyl groups excluding tert-OH is 1. The number of carbonyl (C=O) groups excluding carboxylic acids is 1. The van der Waals surface area contributed by atoms with Gasteiger partial charge < -0.3 is 10.4 Å². The van der Waals surface area contributed by atoms with Crippen molar-refractivity contribution in [2.75, 3.05) is 6.61 Å². The first-order valence-electron chi connectivity index (χ1n) is 7.52. The molecule has 1 aliphatic rings. The van der Waals surface area contributed by atoms with E-state index >= 15 is 0 Å². The maximum Gasteiger partial charge on any atom is 0.273 e. The van der Waals surface area contributed by atoms with Crippen LogP contribution in [0.4, 0.5) is 0 Å². The molecule has 2 aromatic rings. The molecule has 1 saturated carbocycles. The minimum absolute atomic E-state index is 0.0214. The van der Waals surface area contributed by atoms with Crippen LogP contribution in [0.1, 0.15) is 36.7 Å². The number of para-hydroxylation sites is 1. The van der Waals surface area contributed by atoms with Crippen molar-refractivity contribution >= 4 is 5.91 Å². The number of nitrogens with one attached hydrogen (secondary N) is 1. The molecule has 0 bridgehead atoms. The second kappa shape index (κ2) is 5.88. The highest BCUT2D eigenvalue weighted by Gasteiger charge is 2.39. The molecule has 1 aromatic heterocycles. The Bertz CT molecular complexity index is 655. The Morgan fingerprint density at radius 3 is 2.95 bits per heavy atom. The third-order valence-corrected chi connectivity index (χ3v) is 4.50. The van der Waals surface area contributed by atoms with Gasteiger partial charge in [-0.1, -0.05) is 36.8 Å².